The first-order valence-corrected chi connectivity index (χ1v) is 11.7. The molecule has 1 aromatic rings. The highest BCUT2D eigenvalue weighted by Crippen LogP contribution is 2.64. The first-order chi connectivity index (χ1) is 14.5. The van der Waals surface area contributed by atoms with E-state index in [9.17, 15) is 5.11 Å². The van der Waals surface area contributed by atoms with E-state index in [2.05, 4.69) is 25.0 Å². The van der Waals surface area contributed by atoms with Crippen LogP contribution in [0.15, 0.2) is 50.7 Å². The Hall–Kier alpha value is -1.94. The lowest BCUT2D eigenvalue weighted by molar-refractivity contribution is -0.0209. The number of hydrogen-bond donors (Lipinski definition) is 1. The molecule has 30 heavy (non-hydrogen) atoms. The Bertz CT molecular complexity index is 896. The van der Waals surface area contributed by atoms with Crippen molar-refractivity contribution in [2.24, 2.45) is 38.8 Å². The lowest BCUT2D eigenvalue weighted by atomic mass is 9.48. The van der Waals surface area contributed by atoms with Crippen LogP contribution in [0.4, 0.5) is 0 Å². The maximum absolute atomic E-state index is 10.2. The first kappa shape index (κ1) is 20.0. The number of hydrogen-bond acceptors (Lipinski definition) is 4. The van der Waals surface area contributed by atoms with E-state index in [0.717, 1.165) is 43.3 Å². The van der Waals surface area contributed by atoms with E-state index >= 15 is 0 Å². The van der Waals surface area contributed by atoms with Gasteiger partial charge in [0.1, 0.15) is 5.76 Å². The first-order valence-electron chi connectivity index (χ1n) is 11.7. The molecule has 1 N–H and O–H groups in total. The Balaban J connectivity index is 1.33. The van der Waals surface area contributed by atoms with Crippen LogP contribution in [0.3, 0.4) is 0 Å². The third kappa shape index (κ3) is 3.24. The summed E-state index contributed by atoms with van der Waals surface area (Å²) in [5, 5.41) is 19.3. The summed E-state index contributed by atoms with van der Waals surface area (Å²) < 4.78 is 5.30. The zero-order chi connectivity index (χ0) is 20.8. The van der Waals surface area contributed by atoms with Gasteiger partial charge in [-0.3, -0.25) is 0 Å². The maximum atomic E-state index is 10.2. The molecule has 0 saturated heterocycles. The Kier molecular flexibility index (Phi) is 5.09. The summed E-state index contributed by atoms with van der Waals surface area (Å²) >= 11 is 0. The third-order valence-electron chi connectivity index (χ3n) is 8.95. The second-order valence-electron chi connectivity index (χ2n) is 10.3. The molecule has 4 aliphatic rings. The molecule has 0 bridgehead atoms. The van der Waals surface area contributed by atoms with Crippen LogP contribution >= 0.6 is 0 Å². The summed E-state index contributed by atoms with van der Waals surface area (Å²) in [5.74, 6) is 3.06. The highest BCUT2D eigenvalue weighted by atomic mass is 16.3. The van der Waals surface area contributed by atoms with Gasteiger partial charge in [-0.1, -0.05) is 25.5 Å². The summed E-state index contributed by atoms with van der Waals surface area (Å²) in [7, 11) is 0. The van der Waals surface area contributed by atoms with Crippen molar-refractivity contribution in [1.82, 2.24) is 0 Å². The van der Waals surface area contributed by atoms with Crippen molar-refractivity contribution in [3.63, 3.8) is 0 Å². The molecule has 5 rings (SSSR count). The molecule has 0 radical (unpaired) electrons. The second-order valence-corrected chi connectivity index (χ2v) is 10.3. The van der Waals surface area contributed by atoms with Gasteiger partial charge in [0, 0.05) is 17.3 Å². The van der Waals surface area contributed by atoms with Crippen LogP contribution in [0, 0.1) is 28.6 Å². The minimum Gasteiger partial charge on any atom is -0.465 e. The highest BCUT2D eigenvalue weighted by Gasteiger charge is 2.57. The van der Waals surface area contributed by atoms with Crippen LogP contribution in [0.5, 0.6) is 0 Å². The molecule has 4 heteroatoms. The number of aliphatic hydroxyl groups is 1. The molecular weight excluding hydrogens is 372 g/mol. The van der Waals surface area contributed by atoms with Gasteiger partial charge < -0.3 is 9.52 Å². The third-order valence-corrected chi connectivity index (χ3v) is 8.95. The highest BCUT2D eigenvalue weighted by molar-refractivity contribution is 5.93. The Morgan fingerprint density at radius 2 is 1.97 bits per heavy atom. The van der Waals surface area contributed by atoms with E-state index in [4.69, 9.17) is 9.52 Å². The summed E-state index contributed by atoms with van der Waals surface area (Å²) in [6.07, 6.45) is 18.6. The minimum atomic E-state index is -0.125. The predicted octanol–water partition coefficient (Wildman–Crippen LogP) is 6.04. The monoisotopic (exact) mass is 406 g/mol. The summed E-state index contributed by atoms with van der Waals surface area (Å²) in [6, 6.07) is 3.81. The number of rotatable bonds is 3. The van der Waals surface area contributed by atoms with E-state index in [0.29, 0.717) is 11.3 Å². The SMILES string of the molecule is C[C@]12CC[C@H](O)CC1=CC[C@H]1[C@H]2CC[C@@]2(C)C(=NN=CC=Cc3ccco3)CC[C@@H]12. The smallest absolute Gasteiger partial charge is 0.126 e. The lowest BCUT2D eigenvalue weighted by Gasteiger charge is -2.57. The van der Waals surface area contributed by atoms with Gasteiger partial charge in [-0.05, 0) is 98.8 Å². The van der Waals surface area contributed by atoms with Gasteiger partial charge in [-0.25, -0.2) is 0 Å². The van der Waals surface area contributed by atoms with Gasteiger partial charge in [-0.2, -0.15) is 10.2 Å². The molecule has 1 heterocycles. The van der Waals surface area contributed by atoms with Gasteiger partial charge in [0.2, 0.25) is 0 Å². The molecule has 6 atom stereocenters. The topological polar surface area (TPSA) is 58.1 Å². The molecule has 0 aliphatic heterocycles. The van der Waals surface area contributed by atoms with Gasteiger partial charge in [-0.15, -0.1) is 0 Å². The van der Waals surface area contributed by atoms with Crippen molar-refractivity contribution >= 4 is 18.0 Å². The molecule has 4 nitrogen and oxygen atoms in total. The van der Waals surface area contributed by atoms with Crippen molar-refractivity contribution in [2.45, 2.75) is 71.3 Å². The molecule has 0 unspecified atom stereocenters. The largest absolute Gasteiger partial charge is 0.465 e. The van der Waals surface area contributed by atoms with E-state index in [1.54, 1.807) is 18.1 Å². The van der Waals surface area contributed by atoms with Gasteiger partial charge in [0.25, 0.3) is 0 Å². The molecule has 3 saturated carbocycles. The van der Waals surface area contributed by atoms with E-state index in [1.165, 1.54) is 31.4 Å². The van der Waals surface area contributed by atoms with E-state index in [-0.39, 0.29) is 11.5 Å². The van der Waals surface area contributed by atoms with E-state index < -0.39 is 0 Å². The van der Waals surface area contributed by atoms with Gasteiger partial charge in [0.15, 0.2) is 0 Å². The predicted molar refractivity (Wildman–Crippen MR) is 121 cm³/mol. The van der Waals surface area contributed by atoms with E-state index in [1.807, 2.05) is 24.3 Å². The van der Waals surface area contributed by atoms with Crippen molar-refractivity contribution in [3.8, 4) is 0 Å². The number of aliphatic hydroxyl groups excluding tert-OH is 1. The molecule has 4 aliphatic carbocycles. The van der Waals surface area contributed by atoms with Crippen LogP contribution in [-0.4, -0.2) is 23.1 Å². The van der Waals surface area contributed by atoms with Crippen LogP contribution in [0.25, 0.3) is 6.08 Å². The molecule has 0 spiro atoms. The number of nitrogens with zero attached hydrogens (tertiary/aromatic N) is 2. The fraction of sp³-hybridized carbons (Fsp3) is 0.615. The van der Waals surface area contributed by atoms with Crippen LogP contribution < -0.4 is 0 Å². The summed E-state index contributed by atoms with van der Waals surface area (Å²) in [6.45, 7) is 4.93. The summed E-state index contributed by atoms with van der Waals surface area (Å²) in [4.78, 5) is 0. The van der Waals surface area contributed by atoms with Gasteiger partial charge >= 0.3 is 0 Å². The Morgan fingerprint density at radius 3 is 2.80 bits per heavy atom. The maximum Gasteiger partial charge on any atom is 0.126 e. The normalized spacial score (nSPS) is 42.4. The van der Waals surface area contributed by atoms with Crippen molar-refractivity contribution < 1.29 is 9.52 Å². The molecule has 3 fully saturated rings. The standard InChI is InChI=1S/C26H34N2O2/c1-25-13-11-19(29)17-18(25)7-8-21-22-9-10-24(26(22,2)14-12-23(21)25)28-27-15-3-5-20-6-4-16-30-20/h3-7,15-16,19,21-23,29H,8-14,17H2,1-2H3/t19-,21+,22-,23+,25-,26+/m0/s1. The fourth-order valence-corrected chi connectivity index (χ4v) is 7.26. The average Bonchev–Trinajstić information content (AvgIpc) is 3.36. The number of furan rings is 1. The zero-order valence-electron chi connectivity index (χ0n) is 18.3. The molecule has 0 aromatic carbocycles. The second kappa shape index (κ2) is 7.64. The summed E-state index contributed by atoms with van der Waals surface area (Å²) in [5.41, 5.74) is 3.34. The number of fused-ring (bicyclic) bond motifs is 5. The Morgan fingerprint density at radius 1 is 1.13 bits per heavy atom. The van der Waals surface area contributed by atoms with Crippen LogP contribution in [0.1, 0.15) is 71.0 Å². The molecule has 0 amide bonds. The Labute approximate surface area is 179 Å². The van der Waals surface area contributed by atoms with Gasteiger partial charge in [0.05, 0.1) is 12.4 Å². The minimum absolute atomic E-state index is 0.125. The van der Waals surface area contributed by atoms with Crippen LogP contribution in [0.2, 0.25) is 0 Å². The van der Waals surface area contributed by atoms with Crippen molar-refractivity contribution in [3.05, 3.63) is 41.9 Å². The van der Waals surface area contributed by atoms with Crippen LogP contribution in [-0.2, 0) is 0 Å². The molecule has 160 valence electrons. The quantitative estimate of drug-likeness (QED) is 0.378. The zero-order valence-corrected chi connectivity index (χ0v) is 18.3. The molecular formula is C26H34N2O2. The number of allylic oxidation sites excluding steroid dienone is 2. The fourth-order valence-electron chi connectivity index (χ4n) is 7.26. The van der Waals surface area contributed by atoms with Crippen molar-refractivity contribution in [1.29, 1.82) is 0 Å². The van der Waals surface area contributed by atoms with Crippen molar-refractivity contribution in [2.75, 3.05) is 0 Å². The lowest BCUT2D eigenvalue weighted by Crippen LogP contribution is -2.50. The molecule has 1 aromatic heterocycles. The average molecular weight is 407 g/mol.